The molecule has 1 unspecified atom stereocenters. The molecule has 2 aromatic carbocycles. The molecule has 140 valence electrons. The van der Waals surface area contributed by atoms with Crippen LogP contribution in [0.5, 0.6) is 0 Å². The minimum absolute atomic E-state index is 0.132. The summed E-state index contributed by atoms with van der Waals surface area (Å²) in [5.74, 6) is 0.833. The number of hydrogen-bond acceptors (Lipinski definition) is 2. The molecule has 2 nitrogen and oxygen atoms in total. The lowest BCUT2D eigenvalue weighted by Gasteiger charge is -2.13. The van der Waals surface area contributed by atoms with Gasteiger partial charge in [-0.1, -0.05) is 43.3 Å². The molecule has 0 spiro atoms. The van der Waals surface area contributed by atoms with Gasteiger partial charge in [-0.15, -0.1) is 0 Å². The van der Waals surface area contributed by atoms with Gasteiger partial charge in [0.1, 0.15) is 0 Å². The first-order valence-corrected chi connectivity index (χ1v) is 11.4. The predicted octanol–water partition coefficient (Wildman–Crippen LogP) is 5.15. The fourth-order valence-electron chi connectivity index (χ4n) is 3.89. The van der Waals surface area contributed by atoms with Crippen molar-refractivity contribution in [2.45, 2.75) is 70.3 Å². The number of benzene rings is 2. The molecule has 3 rings (SSSR count). The first-order chi connectivity index (χ1) is 12.3. The minimum atomic E-state index is -3.04. The van der Waals surface area contributed by atoms with Crippen LogP contribution in [0, 0.1) is 6.92 Å². The number of hydrogen-bond donors (Lipinski definition) is 0. The summed E-state index contributed by atoms with van der Waals surface area (Å²) in [5, 5.41) is -0.326. The molecule has 0 aromatic heterocycles. The molecule has 0 amide bonds. The standard InChI is InChI=1S/C23H30O2S/c1-16(2)26(24,25)15-20-8-6-19(7-9-20)10-11-21-12-14-22-17(3)5-13-23(22)18(21)4/h6-9,12,14,16-17H,5,10-11,13,15H2,1-4H3. The largest absolute Gasteiger partial charge is 0.228 e. The summed E-state index contributed by atoms with van der Waals surface area (Å²) in [6.07, 6.45) is 4.53. The van der Waals surface area contributed by atoms with Gasteiger partial charge in [0, 0.05) is 0 Å². The van der Waals surface area contributed by atoms with Crippen molar-refractivity contribution in [3.05, 3.63) is 69.8 Å². The highest BCUT2D eigenvalue weighted by Crippen LogP contribution is 2.35. The topological polar surface area (TPSA) is 34.1 Å². The second-order valence-electron chi connectivity index (χ2n) is 8.03. The van der Waals surface area contributed by atoms with Crippen molar-refractivity contribution in [3.63, 3.8) is 0 Å². The van der Waals surface area contributed by atoms with E-state index in [1.807, 2.05) is 12.1 Å². The summed E-state index contributed by atoms with van der Waals surface area (Å²) in [5.41, 5.74) is 8.19. The maximum Gasteiger partial charge on any atom is 0.156 e. The lowest BCUT2D eigenvalue weighted by Crippen LogP contribution is -2.15. The van der Waals surface area contributed by atoms with Crippen molar-refractivity contribution >= 4 is 9.84 Å². The number of sulfone groups is 1. The van der Waals surface area contributed by atoms with Crippen LogP contribution in [0.25, 0.3) is 0 Å². The molecular formula is C23H30O2S. The molecule has 1 atom stereocenters. The van der Waals surface area contributed by atoms with Gasteiger partial charge in [-0.05, 0) is 85.8 Å². The molecule has 0 bridgehead atoms. The average molecular weight is 371 g/mol. The highest BCUT2D eigenvalue weighted by Gasteiger charge is 2.21. The highest BCUT2D eigenvalue weighted by atomic mass is 32.2. The van der Waals surface area contributed by atoms with E-state index >= 15 is 0 Å². The van der Waals surface area contributed by atoms with E-state index in [9.17, 15) is 8.42 Å². The molecule has 0 radical (unpaired) electrons. The number of rotatable bonds is 6. The summed E-state index contributed by atoms with van der Waals surface area (Å²) in [6.45, 7) is 8.07. The van der Waals surface area contributed by atoms with Gasteiger partial charge in [0.25, 0.3) is 0 Å². The normalized spacial score (nSPS) is 16.9. The zero-order valence-electron chi connectivity index (χ0n) is 16.4. The molecule has 0 fully saturated rings. The van der Waals surface area contributed by atoms with Gasteiger partial charge >= 0.3 is 0 Å². The molecule has 0 saturated heterocycles. The number of aryl methyl sites for hydroxylation is 2. The minimum Gasteiger partial charge on any atom is -0.228 e. The van der Waals surface area contributed by atoms with E-state index in [1.165, 1.54) is 29.5 Å². The summed E-state index contributed by atoms with van der Waals surface area (Å²) in [4.78, 5) is 0. The van der Waals surface area contributed by atoms with Crippen molar-refractivity contribution in [2.24, 2.45) is 0 Å². The molecule has 1 aliphatic rings. The van der Waals surface area contributed by atoms with E-state index in [0.717, 1.165) is 18.4 Å². The summed E-state index contributed by atoms with van der Waals surface area (Å²) < 4.78 is 24.1. The Morgan fingerprint density at radius 3 is 2.31 bits per heavy atom. The molecular weight excluding hydrogens is 340 g/mol. The second-order valence-corrected chi connectivity index (χ2v) is 10.6. The van der Waals surface area contributed by atoms with Crippen LogP contribution in [0.4, 0.5) is 0 Å². The predicted molar refractivity (Wildman–Crippen MR) is 110 cm³/mol. The lowest BCUT2D eigenvalue weighted by molar-refractivity contribution is 0.586. The van der Waals surface area contributed by atoms with Crippen molar-refractivity contribution in [2.75, 3.05) is 0 Å². The van der Waals surface area contributed by atoms with Gasteiger partial charge in [0.2, 0.25) is 0 Å². The van der Waals surface area contributed by atoms with E-state index in [0.29, 0.717) is 5.92 Å². The molecule has 1 aliphatic carbocycles. The molecule has 3 heteroatoms. The van der Waals surface area contributed by atoms with Crippen LogP contribution < -0.4 is 0 Å². The molecule has 0 aliphatic heterocycles. The van der Waals surface area contributed by atoms with E-state index in [4.69, 9.17) is 0 Å². The van der Waals surface area contributed by atoms with Gasteiger partial charge in [-0.3, -0.25) is 0 Å². The first-order valence-electron chi connectivity index (χ1n) is 9.68. The third kappa shape index (κ3) is 4.03. The highest BCUT2D eigenvalue weighted by molar-refractivity contribution is 7.91. The van der Waals surface area contributed by atoms with Gasteiger partial charge in [0.05, 0.1) is 11.0 Å². The maximum atomic E-state index is 12.0. The Balaban J connectivity index is 1.66. The third-order valence-electron chi connectivity index (χ3n) is 5.90. The Bertz CT molecular complexity index is 877. The van der Waals surface area contributed by atoms with E-state index < -0.39 is 9.84 Å². The lowest BCUT2D eigenvalue weighted by atomic mass is 9.93. The Morgan fingerprint density at radius 2 is 1.65 bits per heavy atom. The summed E-state index contributed by atoms with van der Waals surface area (Å²) in [7, 11) is -3.04. The SMILES string of the molecule is Cc1c(CCc2ccc(CS(=O)(=O)C(C)C)cc2)ccc2c1CCC2C. The second kappa shape index (κ2) is 7.56. The van der Waals surface area contributed by atoms with Crippen LogP contribution in [0.3, 0.4) is 0 Å². The van der Waals surface area contributed by atoms with E-state index in [-0.39, 0.29) is 11.0 Å². The Morgan fingerprint density at radius 1 is 1.00 bits per heavy atom. The quantitative estimate of drug-likeness (QED) is 0.704. The van der Waals surface area contributed by atoms with Crippen LogP contribution in [-0.2, 0) is 34.9 Å². The van der Waals surface area contributed by atoms with Gasteiger partial charge in [-0.25, -0.2) is 8.42 Å². The zero-order chi connectivity index (χ0) is 18.9. The summed E-state index contributed by atoms with van der Waals surface area (Å²) in [6, 6.07) is 12.7. The molecule has 2 aromatic rings. The molecule has 0 N–H and O–H groups in total. The Labute approximate surface area is 158 Å². The third-order valence-corrected chi connectivity index (χ3v) is 8.07. The fraction of sp³-hybridized carbons (Fsp3) is 0.478. The van der Waals surface area contributed by atoms with Gasteiger partial charge in [-0.2, -0.15) is 0 Å². The van der Waals surface area contributed by atoms with Gasteiger partial charge < -0.3 is 0 Å². The van der Waals surface area contributed by atoms with E-state index in [2.05, 4.69) is 38.1 Å². The van der Waals surface area contributed by atoms with Crippen molar-refractivity contribution in [1.29, 1.82) is 0 Å². The zero-order valence-corrected chi connectivity index (χ0v) is 17.2. The first kappa shape index (κ1) is 19.2. The van der Waals surface area contributed by atoms with E-state index in [1.54, 1.807) is 25.0 Å². The number of fused-ring (bicyclic) bond motifs is 1. The van der Waals surface area contributed by atoms with Crippen molar-refractivity contribution in [1.82, 2.24) is 0 Å². The molecule has 0 saturated carbocycles. The van der Waals surface area contributed by atoms with Crippen LogP contribution in [-0.4, -0.2) is 13.7 Å². The molecule has 0 heterocycles. The Hall–Kier alpha value is -1.61. The van der Waals surface area contributed by atoms with Crippen LogP contribution >= 0.6 is 0 Å². The average Bonchev–Trinajstić information content (AvgIpc) is 2.97. The summed E-state index contributed by atoms with van der Waals surface area (Å²) >= 11 is 0. The van der Waals surface area contributed by atoms with Crippen LogP contribution in [0.15, 0.2) is 36.4 Å². The van der Waals surface area contributed by atoms with Gasteiger partial charge in [0.15, 0.2) is 9.84 Å². The van der Waals surface area contributed by atoms with Crippen LogP contribution in [0.2, 0.25) is 0 Å². The Kier molecular flexibility index (Phi) is 5.57. The smallest absolute Gasteiger partial charge is 0.156 e. The fourth-order valence-corrected chi connectivity index (χ4v) is 4.88. The van der Waals surface area contributed by atoms with Crippen LogP contribution in [0.1, 0.15) is 66.5 Å². The maximum absolute atomic E-state index is 12.0. The molecule has 26 heavy (non-hydrogen) atoms. The van der Waals surface area contributed by atoms with Crippen molar-refractivity contribution < 1.29 is 8.42 Å². The van der Waals surface area contributed by atoms with Crippen molar-refractivity contribution in [3.8, 4) is 0 Å². The monoisotopic (exact) mass is 370 g/mol.